The molecule has 0 aromatic heterocycles. The molecule has 1 aliphatic heterocycles. The summed E-state index contributed by atoms with van der Waals surface area (Å²) in [6.45, 7) is 0.625. The lowest BCUT2D eigenvalue weighted by Crippen LogP contribution is -2.52. The van der Waals surface area contributed by atoms with E-state index >= 15 is 0 Å². The summed E-state index contributed by atoms with van der Waals surface area (Å²) in [5, 5.41) is 6.12. The van der Waals surface area contributed by atoms with Gasteiger partial charge in [0.15, 0.2) is 0 Å². The molecule has 7 nitrogen and oxygen atoms in total. The molecular formula is C25H22Cl2N4O3. The third-order valence-electron chi connectivity index (χ3n) is 5.47. The van der Waals surface area contributed by atoms with Gasteiger partial charge in [-0.15, -0.1) is 0 Å². The molecule has 0 saturated heterocycles. The van der Waals surface area contributed by atoms with Crippen LogP contribution in [-0.4, -0.2) is 36.9 Å². The van der Waals surface area contributed by atoms with Crippen LogP contribution in [-0.2, 0) is 11.2 Å². The first-order chi connectivity index (χ1) is 16.4. The van der Waals surface area contributed by atoms with E-state index in [2.05, 4.69) is 10.6 Å². The number of carbonyl (C=O) groups excluding carboxylic acids is 3. The maximum absolute atomic E-state index is 13.7. The third-order valence-corrected chi connectivity index (χ3v) is 6.02. The first kappa shape index (κ1) is 23.8. The maximum atomic E-state index is 13.7. The highest BCUT2D eigenvalue weighted by Crippen LogP contribution is 2.36. The molecule has 3 aromatic rings. The van der Waals surface area contributed by atoms with Crippen molar-refractivity contribution in [2.75, 3.05) is 23.3 Å². The Bertz CT molecular complexity index is 1250. The molecular weight excluding hydrogens is 475 g/mol. The number of carbonyl (C=O) groups is 3. The van der Waals surface area contributed by atoms with Gasteiger partial charge in [0, 0.05) is 30.1 Å². The fraction of sp³-hybridized carbons (Fsp3) is 0.160. The number of halogens is 2. The van der Waals surface area contributed by atoms with Gasteiger partial charge in [0.2, 0.25) is 5.91 Å². The van der Waals surface area contributed by atoms with E-state index in [-0.39, 0.29) is 22.4 Å². The Labute approximate surface area is 206 Å². The van der Waals surface area contributed by atoms with Crippen LogP contribution in [0, 0.1) is 0 Å². The van der Waals surface area contributed by atoms with E-state index in [4.69, 9.17) is 28.9 Å². The number of hydrogen-bond acceptors (Lipinski definition) is 4. The zero-order chi connectivity index (χ0) is 24.2. The number of nitrogens with zero attached hydrogens (tertiary/aromatic N) is 1. The summed E-state index contributed by atoms with van der Waals surface area (Å²) in [6.07, 6.45) is 0.293. The first-order valence-electron chi connectivity index (χ1n) is 10.6. The molecule has 34 heavy (non-hydrogen) atoms. The Hall–Kier alpha value is -3.39. The van der Waals surface area contributed by atoms with Crippen molar-refractivity contribution in [3.63, 3.8) is 0 Å². The van der Waals surface area contributed by atoms with Crippen LogP contribution in [0.3, 0.4) is 0 Å². The number of amides is 3. The largest absolute Gasteiger partial charge is 0.351 e. The van der Waals surface area contributed by atoms with Crippen molar-refractivity contribution in [1.29, 1.82) is 0 Å². The lowest BCUT2D eigenvalue weighted by atomic mass is 9.98. The van der Waals surface area contributed by atoms with Crippen molar-refractivity contribution in [1.82, 2.24) is 5.32 Å². The van der Waals surface area contributed by atoms with Crippen molar-refractivity contribution in [2.24, 2.45) is 5.73 Å². The second-order valence-electron chi connectivity index (χ2n) is 7.77. The van der Waals surface area contributed by atoms with Crippen molar-refractivity contribution in [3.8, 4) is 0 Å². The van der Waals surface area contributed by atoms with Crippen molar-refractivity contribution >= 4 is 52.3 Å². The molecule has 3 amide bonds. The van der Waals surface area contributed by atoms with Crippen molar-refractivity contribution in [2.45, 2.75) is 12.5 Å². The average Bonchev–Trinajstić information content (AvgIpc) is 2.83. The molecule has 3 aromatic carbocycles. The maximum Gasteiger partial charge on any atom is 0.260 e. The summed E-state index contributed by atoms with van der Waals surface area (Å²) < 4.78 is 0. The summed E-state index contributed by atoms with van der Waals surface area (Å²) in [4.78, 5) is 40.8. The summed E-state index contributed by atoms with van der Waals surface area (Å²) in [5.74, 6) is -1.14. The molecule has 0 aliphatic carbocycles. The standard InChI is InChI=1S/C25H22Cl2N4O3/c26-17-7-8-18(19(27)14-17)25(34)31-21-9-6-16(23(32)29-11-10-28)13-20(21)30-24(33)22(31)12-15-4-2-1-3-5-15/h1-9,13-14,22H,10-12,28H2,(H,29,32)(H,30,33). The predicted octanol–water partition coefficient (Wildman–Crippen LogP) is 3.89. The van der Waals surface area contributed by atoms with Crippen LogP contribution in [0.15, 0.2) is 66.7 Å². The lowest BCUT2D eigenvalue weighted by molar-refractivity contribution is -0.117. The third kappa shape index (κ3) is 4.92. The van der Waals surface area contributed by atoms with Gasteiger partial charge in [0.05, 0.1) is 22.0 Å². The average molecular weight is 497 g/mol. The second-order valence-corrected chi connectivity index (χ2v) is 8.61. The summed E-state index contributed by atoms with van der Waals surface area (Å²) >= 11 is 12.3. The van der Waals surface area contributed by atoms with E-state index in [9.17, 15) is 14.4 Å². The zero-order valence-corrected chi connectivity index (χ0v) is 19.6. The highest BCUT2D eigenvalue weighted by atomic mass is 35.5. The van der Waals surface area contributed by atoms with E-state index in [1.807, 2.05) is 30.3 Å². The summed E-state index contributed by atoms with van der Waals surface area (Å²) in [6, 6.07) is 18.0. The number of hydrogen-bond donors (Lipinski definition) is 3. The van der Waals surface area contributed by atoms with Crippen LogP contribution in [0.4, 0.5) is 11.4 Å². The molecule has 4 N–H and O–H groups in total. The number of fused-ring (bicyclic) bond motifs is 1. The van der Waals surface area contributed by atoms with Crippen LogP contribution < -0.4 is 21.3 Å². The minimum Gasteiger partial charge on any atom is -0.351 e. The van der Waals surface area contributed by atoms with Crippen LogP contribution >= 0.6 is 23.2 Å². The number of nitrogens with one attached hydrogen (secondary N) is 2. The lowest BCUT2D eigenvalue weighted by Gasteiger charge is -2.37. The molecule has 4 rings (SSSR count). The molecule has 0 spiro atoms. The Morgan fingerprint density at radius 2 is 1.79 bits per heavy atom. The number of benzene rings is 3. The van der Waals surface area contributed by atoms with Crippen molar-refractivity contribution in [3.05, 3.63) is 93.5 Å². The Kier molecular flexibility index (Phi) is 7.17. The minimum absolute atomic E-state index is 0.182. The molecule has 0 radical (unpaired) electrons. The SMILES string of the molecule is NCCNC(=O)c1ccc2c(c1)NC(=O)C(Cc1ccccc1)N2C(=O)c1ccc(Cl)cc1Cl. The van der Waals surface area contributed by atoms with E-state index < -0.39 is 11.9 Å². The van der Waals surface area contributed by atoms with Crippen molar-refractivity contribution < 1.29 is 14.4 Å². The number of rotatable bonds is 6. The Morgan fingerprint density at radius 3 is 2.50 bits per heavy atom. The van der Waals surface area contributed by atoms with Gasteiger partial charge in [-0.2, -0.15) is 0 Å². The van der Waals surface area contributed by atoms with E-state index in [1.165, 1.54) is 17.0 Å². The predicted molar refractivity (Wildman–Crippen MR) is 134 cm³/mol. The molecule has 1 atom stereocenters. The highest BCUT2D eigenvalue weighted by molar-refractivity contribution is 6.37. The zero-order valence-electron chi connectivity index (χ0n) is 18.1. The van der Waals surface area contributed by atoms with Gasteiger partial charge in [0.1, 0.15) is 6.04 Å². The fourth-order valence-electron chi connectivity index (χ4n) is 3.84. The van der Waals surface area contributed by atoms with Gasteiger partial charge in [-0.3, -0.25) is 19.3 Å². The summed E-state index contributed by atoms with van der Waals surface area (Å²) in [5.41, 5.74) is 7.72. The van der Waals surface area contributed by atoms with Crippen LogP contribution in [0.25, 0.3) is 0 Å². The van der Waals surface area contributed by atoms with Crippen LogP contribution in [0.2, 0.25) is 10.0 Å². The normalized spacial score (nSPS) is 14.9. The topological polar surface area (TPSA) is 105 Å². The number of anilines is 2. The Morgan fingerprint density at radius 1 is 1.03 bits per heavy atom. The number of nitrogens with two attached hydrogens (primary N) is 1. The molecule has 0 fully saturated rings. The van der Waals surface area contributed by atoms with Gasteiger partial charge in [-0.25, -0.2) is 0 Å². The van der Waals surface area contributed by atoms with Gasteiger partial charge in [0.25, 0.3) is 11.8 Å². The molecule has 9 heteroatoms. The quantitative estimate of drug-likeness (QED) is 0.481. The Balaban J connectivity index is 1.77. The van der Waals surface area contributed by atoms with E-state index in [0.717, 1.165) is 5.56 Å². The minimum atomic E-state index is -0.828. The second kappa shape index (κ2) is 10.3. The van der Waals surface area contributed by atoms with Gasteiger partial charge < -0.3 is 16.4 Å². The molecule has 0 bridgehead atoms. The van der Waals surface area contributed by atoms with E-state index in [0.29, 0.717) is 41.5 Å². The molecule has 1 heterocycles. The molecule has 174 valence electrons. The van der Waals surface area contributed by atoms with Crippen LogP contribution in [0.1, 0.15) is 26.3 Å². The molecule has 1 aliphatic rings. The highest BCUT2D eigenvalue weighted by Gasteiger charge is 2.38. The van der Waals surface area contributed by atoms with Gasteiger partial charge in [-0.1, -0.05) is 53.5 Å². The van der Waals surface area contributed by atoms with E-state index in [1.54, 1.807) is 24.3 Å². The summed E-state index contributed by atoms with van der Waals surface area (Å²) in [7, 11) is 0. The molecule has 0 saturated carbocycles. The van der Waals surface area contributed by atoms with Gasteiger partial charge in [-0.05, 0) is 42.0 Å². The fourth-order valence-corrected chi connectivity index (χ4v) is 4.33. The van der Waals surface area contributed by atoms with Gasteiger partial charge >= 0.3 is 0 Å². The first-order valence-corrected chi connectivity index (χ1v) is 11.4. The molecule has 1 unspecified atom stereocenters. The van der Waals surface area contributed by atoms with Crippen LogP contribution in [0.5, 0.6) is 0 Å². The monoisotopic (exact) mass is 496 g/mol. The smallest absolute Gasteiger partial charge is 0.260 e.